The number of rotatable bonds is 10. The number of esters is 1. The van der Waals surface area contributed by atoms with Crippen molar-refractivity contribution in [2.24, 2.45) is 0 Å². The minimum Gasteiger partial charge on any atom is -0.494 e. The first-order valence-corrected chi connectivity index (χ1v) is 8.95. The lowest BCUT2D eigenvalue weighted by Crippen LogP contribution is -2.34. The number of thiocarbonyl (C=S) groups is 1. The Hall–Kier alpha value is -2.15. The second-order valence-electron chi connectivity index (χ2n) is 5.45. The van der Waals surface area contributed by atoms with Gasteiger partial charge in [0.05, 0.1) is 19.6 Å². The number of hydrogen-bond donors (Lipinski definition) is 2. The summed E-state index contributed by atoms with van der Waals surface area (Å²) in [5, 5.41) is 5.64. The van der Waals surface area contributed by atoms with Crippen LogP contribution in [0.15, 0.2) is 24.3 Å². The highest BCUT2D eigenvalue weighted by molar-refractivity contribution is 7.80. The van der Waals surface area contributed by atoms with Crippen molar-refractivity contribution in [3.05, 3.63) is 24.3 Å². The maximum Gasteiger partial charge on any atom is 0.306 e. The quantitative estimate of drug-likeness (QED) is 0.375. The van der Waals surface area contributed by atoms with Gasteiger partial charge in [-0.1, -0.05) is 20.3 Å². The summed E-state index contributed by atoms with van der Waals surface area (Å²) in [5.74, 6) is 0.0829. The van der Waals surface area contributed by atoms with E-state index in [0.29, 0.717) is 13.2 Å². The molecule has 1 aromatic carbocycles. The van der Waals surface area contributed by atoms with Crippen molar-refractivity contribution >= 4 is 34.9 Å². The Morgan fingerprint density at radius 2 is 1.76 bits per heavy atom. The monoisotopic (exact) mass is 366 g/mol. The number of unbranched alkanes of at least 4 members (excludes halogenated alkanes) is 1. The molecular formula is C18H26N2O4S. The summed E-state index contributed by atoms with van der Waals surface area (Å²) in [6.07, 6.45) is 2.94. The summed E-state index contributed by atoms with van der Waals surface area (Å²) in [6.45, 7) is 5.09. The molecule has 0 saturated carbocycles. The largest absolute Gasteiger partial charge is 0.494 e. The molecule has 0 radical (unpaired) electrons. The first-order chi connectivity index (χ1) is 12.0. The van der Waals surface area contributed by atoms with Gasteiger partial charge in [0, 0.05) is 12.1 Å². The van der Waals surface area contributed by atoms with E-state index in [4.69, 9.17) is 21.7 Å². The van der Waals surface area contributed by atoms with Crippen LogP contribution in [0.5, 0.6) is 5.75 Å². The predicted molar refractivity (Wildman–Crippen MR) is 102 cm³/mol. The fraction of sp³-hybridized carbons (Fsp3) is 0.500. The minimum absolute atomic E-state index is 0.0363. The molecule has 0 spiro atoms. The lowest BCUT2D eigenvalue weighted by Gasteiger charge is -2.10. The fourth-order valence-electron chi connectivity index (χ4n) is 1.82. The highest BCUT2D eigenvalue weighted by atomic mass is 32.1. The molecule has 0 aliphatic heterocycles. The van der Waals surface area contributed by atoms with Gasteiger partial charge in [0.2, 0.25) is 5.91 Å². The number of nitrogens with one attached hydrogen (secondary N) is 2. The molecule has 0 atom stereocenters. The van der Waals surface area contributed by atoms with Crippen molar-refractivity contribution in [3.63, 3.8) is 0 Å². The molecule has 25 heavy (non-hydrogen) atoms. The third-order valence-corrected chi connectivity index (χ3v) is 3.36. The van der Waals surface area contributed by atoms with E-state index in [9.17, 15) is 9.59 Å². The van der Waals surface area contributed by atoms with E-state index in [1.165, 1.54) is 0 Å². The molecule has 1 amide bonds. The standard InChI is InChI=1S/C18H26N2O4S/c1-3-5-13-23-15-8-6-14(7-9-15)19-18(25)20-16(21)10-11-17(22)24-12-4-2/h6-9H,3-5,10-13H2,1-2H3,(H2,19,20,21,25). The summed E-state index contributed by atoms with van der Waals surface area (Å²) >= 11 is 5.09. The van der Waals surface area contributed by atoms with Gasteiger partial charge in [0.25, 0.3) is 0 Å². The van der Waals surface area contributed by atoms with E-state index in [-0.39, 0.29) is 29.8 Å². The van der Waals surface area contributed by atoms with Crippen LogP contribution in [0, 0.1) is 0 Å². The van der Waals surface area contributed by atoms with Gasteiger partial charge < -0.3 is 20.1 Å². The number of ether oxygens (including phenoxy) is 2. The van der Waals surface area contributed by atoms with Crippen LogP contribution in [0.4, 0.5) is 5.69 Å². The van der Waals surface area contributed by atoms with Gasteiger partial charge in [-0.25, -0.2) is 0 Å². The van der Waals surface area contributed by atoms with Crippen LogP contribution >= 0.6 is 12.2 Å². The Balaban J connectivity index is 2.31. The number of hydrogen-bond acceptors (Lipinski definition) is 5. The maximum absolute atomic E-state index is 11.8. The van der Waals surface area contributed by atoms with Gasteiger partial charge in [0.15, 0.2) is 5.11 Å². The Kier molecular flexibility index (Phi) is 10.2. The van der Waals surface area contributed by atoms with E-state index in [0.717, 1.165) is 30.7 Å². The predicted octanol–water partition coefficient (Wildman–Crippen LogP) is 3.41. The molecule has 1 rings (SSSR count). The van der Waals surface area contributed by atoms with Crippen LogP contribution in [0.3, 0.4) is 0 Å². The van der Waals surface area contributed by atoms with Crippen LogP contribution in [-0.2, 0) is 14.3 Å². The molecule has 7 heteroatoms. The van der Waals surface area contributed by atoms with Crippen molar-refractivity contribution in [2.75, 3.05) is 18.5 Å². The lowest BCUT2D eigenvalue weighted by molar-refractivity contribution is -0.144. The number of carbonyl (C=O) groups is 2. The van der Waals surface area contributed by atoms with Gasteiger partial charge in [-0.15, -0.1) is 0 Å². The number of carbonyl (C=O) groups excluding carboxylic acids is 2. The molecule has 0 saturated heterocycles. The molecule has 1 aromatic rings. The molecule has 0 aliphatic carbocycles. The van der Waals surface area contributed by atoms with Gasteiger partial charge in [-0.05, 0) is 49.3 Å². The van der Waals surface area contributed by atoms with Gasteiger partial charge in [-0.2, -0.15) is 0 Å². The molecule has 6 nitrogen and oxygen atoms in total. The third-order valence-electron chi connectivity index (χ3n) is 3.16. The molecule has 0 heterocycles. The smallest absolute Gasteiger partial charge is 0.306 e. The Morgan fingerprint density at radius 1 is 1.04 bits per heavy atom. The number of amides is 1. The van der Waals surface area contributed by atoms with Crippen LogP contribution in [0.1, 0.15) is 46.0 Å². The van der Waals surface area contributed by atoms with E-state index in [2.05, 4.69) is 17.6 Å². The topological polar surface area (TPSA) is 76.7 Å². The Bertz CT molecular complexity index is 561. The summed E-state index contributed by atoms with van der Waals surface area (Å²) in [6, 6.07) is 7.32. The van der Waals surface area contributed by atoms with Crippen LogP contribution in [0.2, 0.25) is 0 Å². The summed E-state index contributed by atoms with van der Waals surface area (Å²) < 4.78 is 10.5. The summed E-state index contributed by atoms with van der Waals surface area (Å²) in [7, 11) is 0. The second kappa shape index (κ2) is 12.2. The first kappa shape index (κ1) is 20.9. The molecule has 0 fully saturated rings. The zero-order chi connectivity index (χ0) is 18.5. The average molecular weight is 366 g/mol. The molecule has 0 aliphatic rings. The zero-order valence-electron chi connectivity index (χ0n) is 14.8. The van der Waals surface area contributed by atoms with Crippen molar-refractivity contribution in [3.8, 4) is 5.75 Å². The highest BCUT2D eigenvalue weighted by Gasteiger charge is 2.09. The molecule has 2 N–H and O–H groups in total. The van der Waals surface area contributed by atoms with E-state index in [1.807, 2.05) is 31.2 Å². The zero-order valence-corrected chi connectivity index (χ0v) is 15.6. The van der Waals surface area contributed by atoms with Gasteiger partial charge in [0.1, 0.15) is 5.75 Å². The van der Waals surface area contributed by atoms with Crippen molar-refractivity contribution in [2.45, 2.75) is 46.0 Å². The Labute approximate surface area is 154 Å². The molecule has 138 valence electrons. The van der Waals surface area contributed by atoms with Crippen LogP contribution in [0.25, 0.3) is 0 Å². The molecule has 0 unspecified atom stereocenters. The van der Waals surface area contributed by atoms with E-state index >= 15 is 0 Å². The fourth-order valence-corrected chi connectivity index (χ4v) is 2.06. The SMILES string of the molecule is CCCCOc1ccc(NC(=S)NC(=O)CCC(=O)OCCC)cc1. The molecule has 0 bridgehead atoms. The molecular weight excluding hydrogens is 340 g/mol. The number of anilines is 1. The van der Waals surface area contributed by atoms with Crippen molar-refractivity contribution in [1.29, 1.82) is 0 Å². The van der Waals surface area contributed by atoms with E-state index < -0.39 is 0 Å². The normalized spacial score (nSPS) is 10.0. The minimum atomic E-state index is -0.380. The lowest BCUT2D eigenvalue weighted by atomic mass is 10.3. The first-order valence-electron chi connectivity index (χ1n) is 8.54. The highest BCUT2D eigenvalue weighted by Crippen LogP contribution is 2.16. The number of benzene rings is 1. The Morgan fingerprint density at radius 3 is 2.40 bits per heavy atom. The van der Waals surface area contributed by atoms with Crippen molar-refractivity contribution in [1.82, 2.24) is 5.32 Å². The van der Waals surface area contributed by atoms with Crippen molar-refractivity contribution < 1.29 is 19.1 Å². The summed E-state index contributed by atoms with van der Waals surface area (Å²) in [4.78, 5) is 23.1. The van der Waals surface area contributed by atoms with Gasteiger partial charge in [-0.3, -0.25) is 9.59 Å². The average Bonchev–Trinajstić information content (AvgIpc) is 2.59. The third kappa shape index (κ3) is 9.66. The van der Waals surface area contributed by atoms with Crippen LogP contribution < -0.4 is 15.4 Å². The van der Waals surface area contributed by atoms with Gasteiger partial charge >= 0.3 is 5.97 Å². The van der Waals surface area contributed by atoms with Crippen LogP contribution in [-0.4, -0.2) is 30.2 Å². The van der Waals surface area contributed by atoms with E-state index in [1.54, 1.807) is 0 Å². The summed E-state index contributed by atoms with van der Waals surface area (Å²) in [5.41, 5.74) is 0.746. The maximum atomic E-state index is 11.8. The second-order valence-corrected chi connectivity index (χ2v) is 5.86. The molecule has 0 aromatic heterocycles.